The molecule has 0 saturated carbocycles. The minimum Gasteiger partial charge on any atom is -0.439 e. The molecule has 68 valence electrons. The third-order valence-electron chi connectivity index (χ3n) is 1.84. The fourth-order valence-electron chi connectivity index (χ4n) is 1.29. The Hall–Kier alpha value is -1.55. The van der Waals surface area contributed by atoms with Crippen LogP contribution in [0.5, 0.6) is 0 Å². The fraction of sp³-hybridized carbons (Fsp3) is 0.222. The van der Waals surface area contributed by atoms with Crippen molar-refractivity contribution in [1.29, 1.82) is 0 Å². The fourth-order valence-corrected chi connectivity index (χ4v) is 1.29. The lowest BCUT2D eigenvalue weighted by Gasteiger charge is -1.93. The van der Waals surface area contributed by atoms with Crippen LogP contribution in [0.3, 0.4) is 0 Å². The van der Waals surface area contributed by atoms with Crippen molar-refractivity contribution in [1.82, 2.24) is 9.97 Å². The molecule has 3 N–H and O–H groups in total. The molecule has 0 amide bonds. The van der Waals surface area contributed by atoms with Gasteiger partial charge >= 0.3 is 0 Å². The second kappa shape index (κ2) is 3.06. The molecule has 0 bridgehead atoms. The topological polar surface area (TPSA) is 67.8 Å². The third kappa shape index (κ3) is 1.36. The zero-order chi connectivity index (χ0) is 9.26. The number of hydrogen-bond acceptors (Lipinski definition) is 3. The summed E-state index contributed by atoms with van der Waals surface area (Å²) in [5.41, 5.74) is 7.24. The SMILES string of the molecule is Cc1nc(CN)c(-c2ccc[nH]2)o1. The molecule has 0 aromatic carbocycles. The number of oxazole rings is 1. The smallest absolute Gasteiger partial charge is 0.192 e. The van der Waals surface area contributed by atoms with Gasteiger partial charge in [-0.15, -0.1) is 0 Å². The summed E-state index contributed by atoms with van der Waals surface area (Å²) in [4.78, 5) is 7.23. The minimum absolute atomic E-state index is 0.395. The molecule has 0 spiro atoms. The Morgan fingerprint density at radius 1 is 1.62 bits per heavy atom. The molecule has 0 atom stereocenters. The van der Waals surface area contributed by atoms with Gasteiger partial charge in [0.25, 0.3) is 0 Å². The number of aryl methyl sites for hydroxylation is 1. The summed E-state index contributed by atoms with van der Waals surface area (Å²) in [5.74, 6) is 1.38. The predicted octanol–water partition coefficient (Wildman–Crippen LogP) is 1.44. The van der Waals surface area contributed by atoms with E-state index in [1.54, 1.807) is 0 Å². The first-order valence-corrected chi connectivity index (χ1v) is 4.11. The average Bonchev–Trinajstić information content (AvgIpc) is 2.71. The van der Waals surface area contributed by atoms with E-state index in [4.69, 9.17) is 10.2 Å². The van der Waals surface area contributed by atoms with Crippen LogP contribution in [0.2, 0.25) is 0 Å². The number of aromatic amines is 1. The molecule has 0 aliphatic rings. The molecule has 0 radical (unpaired) electrons. The monoisotopic (exact) mass is 177 g/mol. The Labute approximate surface area is 75.8 Å². The Kier molecular flexibility index (Phi) is 1.90. The maximum Gasteiger partial charge on any atom is 0.192 e. The van der Waals surface area contributed by atoms with Gasteiger partial charge in [-0.3, -0.25) is 0 Å². The predicted molar refractivity (Wildman–Crippen MR) is 48.9 cm³/mol. The second-order valence-corrected chi connectivity index (χ2v) is 2.80. The molecule has 2 aromatic heterocycles. The zero-order valence-corrected chi connectivity index (χ0v) is 7.37. The van der Waals surface area contributed by atoms with Crippen LogP contribution in [0.15, 0.2) is 22.7 Å². The maximum atomic E-state index is 5.53. The second-order valence-electron chi connectivity index (χ2n) is 2.80. The molecule has 4 nitrogen and oxygen atoms in total. The normalized spacial score (nSPS) is 10.6. The first-order valence-electron chi connectivity index (χ1n) is 4.11. The van der Waals surface area contributed by atoms with E-state index in [-0.39, 0.29) is 0 Å². The highest BCUT2D eigenvalue weighted by Gasteiger charge is 2.11. The molecule has 2 heterocycles. The standard InChI is InChI=1S/C9H11N3O/c1-6-12-8(5-10)9(13-6)7-3-2-4-11-7/h2-4,11H,5,10H2,1H3. The van der Waals surface area contributed by atoms with E-state index < -0.39 is 0 Å². The van der Waals surface area contributed by atoms with Crippen molar-refractivity contribution in [2.24, 2.45) is 5.73 Å². The lowest BCUT2D eigenvalue weighted by molar-refractivity contribution is 0.532. The number of aromatic nitrogens is 2. The molecule has 0 saturated heterocycles. The van der Waals surface area contributed by atoms with Crippen LogP contribution in [0.1, 0.15) is 11.6 Å². The maximum absolute atomic E-state index is 5.53. The summed E-state index contributed by atoms with van der Waals surface area (Å²) in [6.07, 6.45) is 1.84. The van der Waals surface area contributed by atoms with Crippen LogP contribution in [0.25, 0.3) is 11.5 Å². The Balaban J connectivity index is 2.50. The third-order valence-corrected chi connectivity index (χ3v) is 1.84. The highest BCUT2D eigenvalue weighted by molar-refractivity contribution is 5.55. The first kappa shape index (κ1) is 8.07. The van der Waals surface area contributed by atoms with Crippen molar-refractivity contribution in [2.45, 2.75) is 13.5 Å². The van der Waals surface area contributed by atoms with Gasteiger partial charge in [-0.1, -0.05) is 0 Å². The van der Waals surface area contributed by atoms with Crippen molar-refractivity contribution >= 4 is 0 Å². The molecule has 2 rings (SSSR count). The van der Waals surface area contributed by atoms with E-state index in [0.717, 1.165) is 17.1 Å². The molecular weight excluding hydrogens is 166 g/mol. The highest BCUT2D eigenvalue weighted by Crippen LogP contribution is 2.22. The van der Waals surface area contributed by atoms with Crippen LogP contribution in [-0.4, -0.2) is 9.97 Å². The Bertz CT molecular complexity index is 389. The van der Waals surface area contributed by atoms with Crippen molar-refractivity contribution in [2.75, 3.05) is 0 Å². The molecule has 0 fully saturated rings. The summed E-state index contributed by atoms with van der Waals surface area (Å²) in [6, 6.07) is 3.84. The van der Waals surface area contributed by atoms with Crippen molar-refractivity contribution in [3.05, 3.63) is 29.9 Å². The molecule has 2 aromatic rings. The van der Waals surface area contributed by atoms with Gasteiger partial charge in [-0.2, -0.15) is 0 Å². The number of nitrogens with two attached hydrogens (primary N) is 1. The number of nitrogens with zero attached hydrogens (tertiary/aromatic N) is 1. The van der Waals surface area contributed by atoms with Gasteiger partial charge in [0.1, 0.15) is 5.69 Å². The van der Waals surface area contributed by atoms with E-state index in [1.807, 2.05) is 25.3 Å². The van der Waals surface area contributed by atoms with E-state index in [2.05, 4.69) is 9.97 Å². The summed E-state index contributed by atoms with van der Waals surface area (Å²) >= 11 is 0. The number of rotatable bonds is 2. The Morgan fingerprint density at radius 2 is 2.46 bits per heavy atom. The van der Waals surface area contributed by atoms with Crippen molar-refractivity contribution < 1.29 is 4.42 Å². The summed E-state index contributed by atoms with van der Waals surface area (Å²) in [7, 11) is 0. The van der Waals surface area contributed by atoms with Crippen molar-refractivity contribution in [3.63, 3.8) is 0 Å². The number of nitrogens with one attached hydrogen (secondary N) is 1. The lowest BCUT2D eigenvalue weighted by Crippen LogP contribution is -1.98. The average molecular weight is 177 g/mol. The van der Waals surface area contributed by atoms with Gasteiger partial charge in [0.2, 0.25) is 0 Å². The van der Waals surface area contributed by atoms with E-state index in [0.29, 0.717) is 12.4 Å². The van der Waals surface area contributed by atoms with E-state index in [9.17, 15) is 0 Å². The van der Waals surface area contributed by atoms with Gasteiger partial charge in [0.15, 0.2) is 11.7 Å². The summed E-state index contributed by atoms with van der Waals surface area (Å²) in [6.45, 7) is 2.21. The number of H-pyrrole nitrogens is 1. The molecule has 0 aliphatic carbocycles. The van der Waals surface area contributed by atoms with E-state index in [1.165, 1.54) is 0 Å². The van der Waals surface area contributed by atoms with Gasteiger partial charge in [-0.05, 0) is 12.1 Å². The minimum atomic E-state index is 0.395. The van der Waals surface area contributed by atoms with Crippen LogP contribution >= 0.6 is 0 Å². The molecular formula is C9H11N3O. The summed E-state index contributed by atoms with van der Waals surface area (Å²) < 4.78 is 5.43. The molecule has 13 heavy (non-hydrogen) atoms. The largest absolute Gasteiger partial charge is 0.439 e. The molecule has 4 heteroatoms. The van der Waals surface area contributed by atoms with Gasteiger partial charge in [0.05, 0.1) is 5.69 Å². The quantitative estimate of drug-likeness (QED) is 0.729. The summed E-state index contributed by atoms with van der Waals surface area (Å²) in [5, 5.41) is 0. The first-order chi connectivity index (χ1) is 6.31. The van der Waals surface area contributed by atoms with Crippen LogP contribution in [0, 0.1) is 6.92 Å². The lowest BCUT2D eigenvalue weighted by atomic mass is 10.3. The highest BCUT2D eigenvalue weighted by atomic mass is 16.4. The van der Waals surface area contributed by atoms with Crippen LogP contribution in [-0.2, 0) is 6.54 Å². The molecule has 0 aliphatic heterocycles. The zero-order valence-electron chi connectivity index (χ0n) is 7.37. The van der Waals surface area contributed by atoms with Crippen LogP contribution in [0.4, 0.5) is 0 Å². The molecule has 0 unspecified atom stereocenters. The van der Waals surface area contributed by atoms with Gasteiger partial charge in [-0.25, -0.2) is 4.98 Å². The van der Waals surface area contributed by atoms with Crippen LogP contribution < -0.4 is 5.73 Å². The Morgan fingerprint density at radius 3 is 3.08 bits per heavy atom. The van der Waals surface area contributed by atoms with Gasteiger partial charge in [0, 0.05) is 19.7 Å². The van der Waals surface area contributed by atoms with Gasteiger partial charge < -0.3 is 15.1 Å². The number of hydrogen-bond donors (Lipinski definition) is 2. The van der Waals surface area contributed by atoms with E-state index >= 15 is 0 Å². The van der Waals surface area contributed by atoms with Crippen molar-refractivity contribution in [3.8, 4) is 11.5 Å².